The summed E-state index contributed by atoms with van der Waals surface area (Å²) in [4.78, 5) is 0. The summed E-state index contributed by atoms with van der Waals surface area (Å²) in [5.41, 5.74) is 3.05. The lowest BCUT2D eigenvalue weighted by atomic mass is 10.1. The lowest BCUT2D eigenvalue weighted by Gasteiger charge is -2.09. The molecule has 0 amide bonds. The van der Waals surface area contributed by atoms with Gasteiger partial charge in [0.25, 0.3) is 0 Å². The predicted molar refractivity (Wildman–Crippen MR) is 72.4 cm³/mol. The second-order valence-corrected chi connectivity index (χ2v) is 4.82. The molecule has 0 fully saturated rings. The minimum absolute atomic E-state index is 0.101. The van der Waals surface area contributed by atoms with Gasteiger partial charge in [-0.05, 0) is 31.5 Å². The maximum atomic E-state index is 5.68. The van der Waals surface area contributed by atoms with Crippen LogP contribution in [0, 0.1) is 0 Å². The SMILES string of the molecule is CC(C)Oc1ccc(-c2cccc3c2OCC3)nn1. The van der Waals surface area contributed by atoms with Crippen LogP contribution >= 0.6 is 0 Å². The van der Waals surface area contributed by atoms with Gasteiger partial charge in [-0.1, -0.05) is 12.1 Å². The molecule has 0 saturated heterocycles. The summed E-state index contributed by atoms with van der Waals surface area (Å²) in [5, 5.41) is 8.32. The van der Waals surface area contributed by atoms with E-state index in [9.17, 15) is 0 Å². The van der Waals surface area contributed by atoms with Crippen LogP contribution in [-0.2, 0) is 6.42 Å². The molecule has 4 nitrogen and oxygen atoms in total. The van der Waals surface area contributed by atoms with Gasteiger partial charge in [0.15, 0.2) is 0 Å². The van der Waals surface area contributed by atoms with Crippen molar-refractivity contribution in [2.75, 3.05) is 6.61 Å². The van der Waals surface area contributed by atoms with Crippen LogP contribution in [-0.4, -0.2) is 22.9 Å². The highest BCUT2D eigenvalue weighted by molar-refractivity contribution is 5.69. The van der Waals surface area contributed by atoms with E-state index >= 15 is 0 Å². The Labute approximate surface area is 112 Å². The maximum Gasteiger partial charge on any atom is 0.233 e. The van der Waals surface area contributed by atoms with Gasteiger partial charge in [-0.25, -0.2) is 0 Å². The summed E-state index contributed by atoms with van der Waals surface area (Å²) in [6, 6.07) is 9.90. The van der Waals surface area contributed by atoms with Gasteiger partial charge in [0, 0.05) is 18.1 Å². The van der Waals surface area contributed by atoms with Crippen LogP contribution in [0.2, 0.25) is 0 Å². The Hall–Kier alpha value is -2.10. The Morgan fingerprint density at radius 1 is 1.16 bits per heavy atom. The summed E-state index contributed by atoms with van der Waals surface area (Å²) in [7, 11) is 0. The summed E-state index contributed by atoms with van der Waals surface area (Å²) in [6.07, 6.45) is 1.06. The van der Waals surface area contributed by atoms with Crippen LogP contribution in [0.5, 0.6) is 11.6 Å². The monoisotopic (exact) mass is 256 g/mol. The van der Waals surface area contributed by atoms with Crippen LogP contribution in [0.1, 0.15) is 19.4 Å². The molecule has 0 aliphatic carbocycles. The molecule has 0 saturated carbocycles. The minimum atomic E-state index is 0.101. The highest BCUT2D eigenvalue weighted by Gasteiger charge is 2.17. The van der Waals surface area contributed by atoms with Crippen LogP contribution in [0.3, 0.4) is 0 Å². The minimum Gasteiger partial charge on any atom is -0.492 e. The summed E-state index contributed by atoms with van der Waals surface area (Å²) in [5.74, 6) is 1.49. The van der Waals surface area contributed by atoms with E-state index in [1.165, 1.54) is 5.56 Å². The normalized spacial score (nSPS) is 13.2. The second kappa shape index (κ2) is 4.88. The van der Waals surface area contributed by atoms with Gasteiger partial charge in [0.2, 0.25) is 5.88 Å². The van der Waals surface area contributed by atoms with Crippen LogP contribution in [0.15, 0.2) is 30.3 Å². The molecule has 0 bridgehead atoms. The zero-order chi connectivity index (χ0) is 13.2. The van der Waals surface area contributed by atoms with E-state index in [4.69, 9.17) is 9.47 Å². The topological polar surface area (TPSA) is 44.2 Å². The van der Waals surface area contributed by atoms with Crippen molar-refractivity contribution >= 4 is 0 Å². The van der Waals surface area contributed by atoms with Crippen molar-refractivity contribution in [3.63, 3.8) is 0 Å². The fraction of sp³-hybridized carbons (Fsp3) is 0.333. The molecule has 2 aromatic rings. The number of fused-ring (bicyclic) bond motifs is 1. The van der Waals surface area contributed by atoms with Crippen molar-refractivity contribution < 1.29 is 9.47 Å². The van der Waals surface area contributed by atoms with Gasteiger partial charge in [-0.3, -0.25) is 0 Å². The molecule has 3 rings (SSSR count). The number of aromatic nitrogens is 2. The lowest BCUT2D eigenvalue weighted by molar-refractivity contribution is 0.230. The molecule has 1 aliphatic heterocycles. The van der Waals surface area contributed by atoms with E-state index in [0.29, 0.717) is 5.88 Å². The van der Waals surface area contributed by atoms with E-state index in [-0.39, 0.29) is 6.10 Å². The third-order valence-electron chi connectivity index (χ3n) is 2.99. The number of nitrogens with zero attached hydrogens (tertiary/aromatic N) is 2. The Morgan fingerprint density at radius 3 is 2.79 bits per heavy atom. The first-order valence-corrected chi connectivity index (χ1v) is 6.49. The van der Waals surface area contributed by atoms with Gasteiger partial charge in [-0.15, -0.1) is 10.2 Å². The summed E-state index contributed by atoms with van der Waals surface area (Å²) >= 11 is 0. The van der Waals surface area contributed by atoms with Crippen LogP contribution in [0.4, 0.5) is 0 Å². The smallest absolute Gasteiger partial charge is 0.233 e. The van der Waals surface area contributed by atoms with Crippen molar-refractivity contribution in [3.05, 3.63) is 35.9 Å². The van der Waals surface area contributed by atoms with Crippen LogP contribution in [0.25, 0.3) is 11.3 Å². The van der Waals surface area contributed by atoms with E-state index in [2.05, 4.69) is 16.3 Å². The number of ether oxygens (including phenoxy) is 2. The first-order valence-electron chi connectivity index (χ1n) is 6.49. The molecule has 0 radical (unpaired) electrons. The molecule has 4 heteroatoms. The number of benzene rings is 1. The third kappa shape index (κ3) is 2.38. The molecular formula is C15H16N2O2. The second-order valence-electron chi connectivity index (χ2n) is 4.82. The van der Waals surface area contributed by atoms with Gasteiger partial charge in [0.05, 0.1) is 18.4 Å². The molecule has 2 heterocycles. The fourth-order valence-corrected chi connectivity index (χ4v) is 2.18. The predicted octanol–water partition coefficient (Wildman–Crippen LogP) is 2.87. The largest absolute Gasteiger partial charge is 0.492 e. The molecule has 0 unspecified atom stereocenters. The fourth-order valence-electron chi connectivity index (χ4n) is 2.18. The Balaban J connectivity index is 1.93. The maximum absolute atomic E-state index is 5.68. The van der Waals surface area contributed by atoms with Gasteiger partial charge in [0.1, 0.15) is 5.75 Å². The first-order chi connectivity index (χ1) is 9.24. The van der Waals surface area contributed by atoms with E-state index in [1.54, 1.807) is 0 Å². The number of hydrogen-bond donors (Lipinski definition) is 0. The van der Waals surface area contributed by atoms with Gasteiger partial charge >= 0.3 is 0 Å². The molecule has 0 spiro atoms. The van der Waals surface area contributed by atoms with Crippen LogP contribution < -0.4 is 9.47 Å². The standard InChI is InChI=1S/C15H16N2O2/c1-10(2)19-14-7-6-13(16-17-14)12-5-3-4-11-8-9-18-15(11)12/h3-7,10H,8-9H2,1-2H3. The van der Waals surface area contributed by atoms with Crippen molar-refractivity contribution in [2.45, 2.75) is 26.4 Å². The average molecular weight is 256 g/mol. The molecule has 1 aliphatic rings. The average Bonchev–Trinajstić information content (AvgIpc) is 2.87. The van der Waals surface area contributed by atoms with Crippen molar-refractivity contribution in [3.8, 4) is 22.9 Å². The zero-order valence-electron chi connectivity index (χ0n) is 11.1. The Kier molecular flexibility index (Phi) is 3.07. The molecule has 0 atom stereocenters. The van der Waals surface area contributed by atoms with Crippen molar-refractivity contribution in [1.29, 1.82) is 0 Å². The quantitative estimate of drug-likeness (QED) is 0.847. The third-order valence-corrected chi connectivity index (χ3v) is 2.99. The summed E-state index contributed by atoms with van der Waals surface area (Å²) in [6.45, 7) is 4.68. The highest BCUT2D eigenvalue weighted by Crippen LogP contribution is 2.35. The Morgan fingerprint density at radius 2 is 2.05 bits per heavy atom. The zero-order valence-corrected chi connectivity index (χ0v) is 11.1. The van der Waals surface area contributed by atoms with E-state index in [1.807, 2.05) is 38.1 Å². The molecule has 0 N–H and O–H groups in total. The molecule has 1 aromatic carbocycles. The molecular weight excluding hydrogens is 240 g/mol. The summed E-state index contributed by atoms with van der Waals surface area (Å²) < 4.78 is 11.2. The van der Waals surface area contributed by atoms with E-state index < -0.39 is 0 Å². The number of hydrogen-bond acceptors (Lipinski definition) is 4. The van der Waals surface area contributed by atoms with Crippen molar-refractivity contribution in [2.24, 2.45) is 0 Å². The number of para-hydroxylation sites is 1. The number of rotatable bonds is 3. The van der Waals surface area contributed by atoms with E-state index in [0.717, 1.165) is 30.0 Å². The highest BCUT2D eigenvalue weighted by atomic mass is 16.5. The molecule has 98 valence electrons. The van der Waals surface area contributed by atoms with Gasteiger partial charge in [-0.2, -0.15) is 0 Å². The lowest BCUT2D eigenvalue weighted by Crippen LogP contribution is -2.07. The molecule has 1 aromatic heterocycles. The molecule has 19 heavy (non-hydrogen) atoms. The van der Waals surface area contributed by atoms with Crippen molar-refractivity contribution in [1.82, 2.24) is 10.2 Å². The Bertz CT molecular complexity index is 579. The first kappa shape index (κ1) is 12.0. The van der Waals surface area contributed by atoms with Gasteiger partial charge < -0.3 is 9.47 Å².